The monoisotopic (exact) mass is 336 g/mol. The maximum absolute atomic E-state index is 12.9. The second-order valence-corrected chi connectivity index (χ2v) is 6.16. The van der Waals surface area contributed by atoms with Crippen LogP contribution in [0, 0.1) is 0 Å². The highest BCUT2D eigenvalue weighted by molar-refractivity contribution is 6.14. The Morgan fingerprint density at radius 2 is 2.16 bits per heavy atom. The smallest absolute Gasteiger partial charge is 0.256 e. The van der Waals surface area contributed by atoms with Gasteiger partial charge < -0.3 is 14.5 Å². The van der Waals surface area contributed by atoms with E-state index < -0.39 is 0 Å². The molecule has 1 aromatic carbocycles. The normalized spacial score (nSPS) is 13.5. The Hall–Kier alpha value is -2.82. The zero-order chi connectivity index (χ0) is 17.2. The molecule has 25 heavy (non-hydrogen) atoms. The molecule has 1 aliphatic rings. The maximum atomic E-state index is 12.9. The Labute approximate surface area is 146 Å². The highest BCUT2D eigenvalue weighted by Crippen LogP contribution is 2.39. The summed E-state index contributed by atoms with van der Waals surface area (Å²) < 4.78 is 11.8. The summed E-state index contributed by atoms with van der Waals surface area (Å²) in [6.07, 6.45) is 7.40. The molecule has 0 radical (unpaired) electrons. The predicted octanol–water partition coefficient (Wildman–Crippen LogP) is 4.36. The molecule has 1 amide bonds. The Bertz CT molecular complexity index is 916. The molecule has 0 bridgehead atoms. The average Bonchev–Trinajstić information content (AvgIpc) is 3.03. The summed E-state index contributed by atoms with van der Waals surface area (Å²) in [6.45, 7) is 2.50. The van der Waals surface area contributed by atoms with Crippen molar-refractivity contribution in [2.75, 3.05) is 11.9 Å². The van der Waals surface area contributed by atoms with E-state index in [1.54, 1.807) is 18.5 Å². The third kappa shape index (κ3) is 2.86. The minimum absolute atomic E-state index is 0.157. The van der Waals surface area contributed by atoms with Crippen molar-refractivity contribution in [3.63, 3.8) is 0 Å². The standard InChI is InChI=1S/C20H20N2O3/c1-2-24-17-10-9-15(20(23)22-13-6-5-11-21-12-13)18-14-7-3-4-8-16(14)25-19(17)18/h5-6,9-12H,2-4,7-8H2,1H3,(H,22,23). The van der Waals surface area contributed by atoms with E-state index in [9.17, 15) is 4.79 Å². The molecule has 0 unspecified atom stereocenters. The summed E-state index contributed by atoms with van der Waals surface area (Å²) in [7, 11) is 0. The number of aryl methyl sites for hydroxylation is 2. The number of hydrogen-bond donors (Lipinski definition) is 1. The molecule has 2 heterocycles. The molecule has 0 fully saturated rings. The van der Waals surface area contributed by atoms with Gasteiger partial charge >= 0.3 is 0 Å². The largest absolute Gasteiger partial charge is 0.490 e. The van der Waals surface area contributed by atoms with Gasteiger partial charge in [-0.2, -0.15) is 0 Å². The first-order valence-corrected chi connectivity index (χ1v) is 8.69. The van der Waals surface area contributed by atoms with Gasteiger partial charge in [-0.1, -0.05) is 0 Å². The Kier molecular flexibility index (Phi) is 4.14. The molecule has 0 saturated heterocycles. The third-order valence-electron chi connectivity index (χ3n) is 4.53. The van der Waals surface area contributed by atoms with E-state index in [2.05, 4.69) is 10.3 Å². The molecule has 0 saturated carbocycles. The quantitative estimate of drug-likeness (QED) is 0.769. The second kappa shape index (κ2) is 6.59. The van der Waals surface area contributed by atoms with E-state index in [4.69, 9.17) is 9.15 Å². The molecule has 1 aliphatic carbocycles. The first kappa shape index (κ1) is 15.7. The summed E-state index contributed by atoms with van der Waals surface area (Å²) >= 11 is 0. The number of pyridine rings is 1. The van der Waals surface area contributed by atoms with E-state index in [1.165, 1.54) is 0 Å². The van der Waals surface area contributed by atoms with Crippen LogP contribution in [0.15, 0.2) is 41.1 Å². The summed E-state index contributed by atoms with van der Waals surface area (Å²) in [4.78, 5) is 16.9. The van der Waals surface area contributed by atoms with Crippen molar-refractivity contribution in [2.45, 2.75) is 32.6 Å². The number of benzene rings is 1. The van der Waals surface area contributed by atoms with Gasteiger partial charge in [-0.15, -0.1) is 0 Å². The number of nitrogens with zero attached hydrogens (tertiary/aromatic N) is 1. The van der Waals surface area contributed by atoms with Crippen LogP contribution < -0.4 is 10.1 Å². The number of aromatic nitrogens is 1. The van der Waals surface area contributed by atoms with Crippen molar-refractivity contribution in [1.82, 2.24) is 4.98 Å². The third-order valence-corrected chi connectivity index (χ3v) is 4.53. The summed E-state index contributed by atoms with van der Waals surface area (Å²) in [5.74, 6) is 1.53. The number of nitrogens with one attached hydrogen (secondary N) is 1. The number of fused-ring (bicyclic) bond motifs is 3. The Morgan fingerprint density at radius 1 is 1.28 bits per heavy atom. The lowest BCUT2D eigenvalue weighted by Crippen LogP contribution is -2.13. The van der Waals surface area contributed by atoms with Gasteiger partial charge in [-0.25, -0.2) is 0 Å². The van der Waals surface area contributed by atoms with Gasteiger partial charge in [0.25, 0.3) is 5.91 Å². The number of ether oxygens (including phenoxy) is 1. The number of furan rings is 1. The molecular formula is C20H20N2O3. The van der Waals surface area contributed by atoms with Crippen LogP contribution in [0.4, 0.5) is 5.69 Å². The number of carbonyl (C=O) groups excluding carboxylic acids is 1. The molecule has 0 aliphatic heterocycles. The van der Waals surface area contributed by atoms with E-state index in [0.717, 1.165) is 42.4 Å². The fraction of sp³-hybridized carbons (Fsp3) is 0.300. The van der Waals surface area contributed by atoms with Crippen LogP contribution in [0.2, 0.25) is 0 Å². The lowest BCUT2D eigenvalue weighted by atomic mass is 9.93. The highest BCUT2D eigenvalue weighted by atomic mass is 16.5. The second-order valence-electron chi connectivity index (χ2n) is 6.16. The maximum Gasteiger partial charge on any atom is 0.256 e. The average molecular weight is 336 g/mol. The number of hydrogen-bond acceptors (Lipinski definition) is 4. The van der Waals surface area contributed by atoms with Crippen molar-refractivity contribution in [2.24, 2.45) is 0 Å². The van der Waals surface area contributed by atoms with Gasteiger partial charge in [-0.3, -0.25) is 9.78 Å². The van der Waals surface area contributed by atoms with Gasteiger partial charge in [-0.05, 0) is 50.5 Å². The number of carbonyl (C=O) groups is 1. The molecule has 128 valence electrons. The molecule has 5 heteroatoms. The van der Waals surface area contributed by atoms with Crippen LogP contribution in [0.1, 0.15) is 41.4 Å². The molecule has 0 atom stereocenters. The molecule has 2 aromatic heterocycles. The molecule has 1 N–H and O–H groups in total. The van der Waals surface area contributed by atoms with Gasteiger partial charge in [0.2, 0.25) is 0 Å². The predicted molar refractivity (Wildman–Crippen MR) is 96.2 cm³/mol. The lowest BCUT2D eigenvalue weighted by Gasteiger charge is -2.11. The first-order valence-electron chi connectivity index (χ1n) is 8.69. The van der Waals surface area contributed by atoms with Crippen LogP contribution in [0.25, 0.3) is 11.0 Å². The van der Waals surface area contributed by atoms with E-state index in [-0.39, 0.29) is 5.91 Å². The van der Waals surface area contributed by atoms with Crippen LogP contribution in [-0.4, -0.2) is 17.5 Å². The molecular weight excluding hydrogens is 316 g/mol. The number of rotatable bonds is 4. The van der Waals surface area contributed by atoms with Gasteiger partial charge in [0.05, 0.1) is 24.1 Å². The summed E-state index contributed by atoms with van der Waals surface area (Å²) in [5, 5.41) is 3.81. The first-order chi connectivity index (χ1) is 12.3. The minimum Gasteiger partial charge on any atom is -0.490 e. The number of amides is 1. The van der Waals surface area contributed by atoms with Crippen molar-refractivity contribution in [1.29, 1.82) is 0 Å². The van der Waals surface area contributed by atoms with Gasteiger partial charge in [0, 0.05) is 23.6 Å². The molecule has 5 nitrogen and oxygen atoms in total. The van der Waals surface area contributed by atoms with Crippen LogP contribution in [0.3, 0.4) is 0 Å². The zero-order valence-corrected chi connectivity index (χ0v) is 14.2. The molecule has 0 spiro atoms. The van der Waals surface area contributed by atoms with Crippen LogP contribution in [-0.2, 0) is 12.8 Å². The molecule has 4 rings (SSSR count). The van der Waals surface area contributed by atoms with E-state index in [0.29, 0.717) is 29.2 Å². The van der Waals surface area contributed by atoms with Crippen molar-refractivity contribution in [3.05, 3.63) is 53.5 Å². The van der Waals surface area contributed by atoms with Crippen molar-refractivity contribution in [3.8, 4) is 5.75 Å². The van der Waals surface area contributed by atoms with Crippen LogP contribution in [0.5, 0.6) is 5.75 Å². The highest BCUT2D eigenvalue weighted by Gasteiger charge is 2.25. The fourth-order valence-electron chi connectivity index (χ4n) is 3.44. The number of anilines is 1. The van der Waals surface area contributed by atoms with Crippen molar-refractivity contribution >= 4 is 22.6 Å². The molecule has 3 aromatic rings. The Morgan fingerprint density at radius 3 is 2.96 bits per heavy atom. The van der Waals surface area contributed by atoms with Crippen molar-refractivity contribution < 1.29 is 13.9 Å². The summed E-state index contributed by atoms with van der Waals surface area (Å²) in [6, 6.07) is 7.26. The van der Waals surface area contributed by atoms with E-state index in [1.807, 2.05) is 25.1 Å². The lowest BCUT2D eigenvalue weighted by molar-refractivity contribution is 0.102. The zero-order valence-electron chi connectivity index (χ0n) is 14.2. The SMILES string of the molecule is CCOc1ccc(C(=O)Nc2cccnc2)c2c3c(oc12)CCCC3. The van der Waals surface area contributed by atoms with Crippen LogP contribution >= 0.6 is 0 Å². The van der Waals surface area contributed by atoms with E-state index >= 15 is 0 Å². The fourth-order valence-corrected chi connectivity index (χ4v) is 3.44. The topological polar surface area (TPSA) is 64.4 Å². The van der Waals surface area contributed by atoms with Gasteiger partial charge in [0.1, 0.15) is 5.76 Å². The Balaban J connectivity index is 1.82. The summed E-state index contributed by atoms with van der Waals surface area (Å²) in [5.41, 5.74) is 3.13. The minimum atomic E-state index is -0.157. The van der Waals surface area contributed by atoms with Gasteiger partial charge in [0.15, 0.2) is 11.3 Å².